The van der Waals surface area contributed by atoms with Crippen LogP contribution in [0.1, 0.15) is 18.4 Å². The Bertz CT molecular complexity index is 599. The zero-order valence-corrected chi connectivity index (χ0v) is 11.6. The van der Waals surface area contributed by atoms with Gasteiger partial charge >= 0.3 is 0 Å². The second-order valence-electron chi connectivity index (χ2n) is 5.48. The van der Waals surface area contributed by atoms with Crippen LogP contribution < -0.4 is 10.6 Å². The van der Waals surface area contributed by atoms with Gasteiger partial charge in [-0.05, 0) is 30.9 Å². The Hall–Kier alpha value is -1.65. The molecule has 1 fully saturated rings. The highest BCUT2D eigenvalue weighted by atomic mass is 16.3. The SMILES string of the molecule is NCc1cc2ccccc2nc1N1CCC(CCO)C1. The van der Waals surface area contributed by atoms with Crippen molar-refractivity contribution in [2.45, 2.75) is 19.4 Å². The number of rotatable bonds is 4. The van der Waals surface area contributed by atoms with Crippen LogP contribution in [0.3, 0.4) is 0 Å². The Morgan fingerprint density at radius 3 is 3.00 bits per heavy atom. The first-order valence-corrected chi connectivity index (χ1v) is 7.26. The van der Waals surface area contributed by atoms with Crippen molar-refractivity contribution < 1.29 is 5.11 Å². The van der Waals surface area contributed by atoms with Crippen LogP contribution in [0.25, 0.3) is 10.9 Å². The molecule has 4 heteroatoms. The molecule has 0 saturated carbocycles. The molecule has 3 N–H and O–H groups in total. The molecule has 1 aromatic heterocycles. The first-order valence-electron chi connectivity index (χ1n) is 7.26. The van der Waals surface area contributed by atoms with Crippen LogP contribution in [0, 0.1) is 5.92 Å². The highest BCUT2D eigenvalue weighted by Crippen LogP contribution is 2.29. The summed E-state index contributed by atoms with van der Waals surface area (Å²) >= 11 is 0. The molecule has 1 unspecified atom stereocenters. The third kappa shape index (κ3) is 2.49. The summed E-state index contributed by atoms with van der Waals surface area (Å²) in [7, 11) is 0. The van der Waals surface area contributed by atoms with Crippen LogP contribution in [0.2, 0.25) is 0 Å². The summed E-state index contributed by atoms with van der Waals surface area (Å²) in [6.45, 7) is 2.75. The second kappa shape index (κ2) is 5.77. The molecular weight excluding hydrogens is 250 g/mol. The number of pyridine rings is 1. The van der Waals surface area contributed by atoms with Crippen molar-refractivity contribution in [3.05, 3.63) is 35.9 Å². The average molecular weight is 271 g/mol. The largest absolute Gasteiger partial charge is 0.396 e. The van der Waals surface area contributed by atoms with E-state index in [0.29, 0.717) is 12.5 Å². The number of aromatic nitrogens is 1. The molecule has 1 aromatic carbocycles. The lowest BCUT2D eigenvalue weighted by Gasteiger charge is -2.21. The van der Waals surface area contributed by atoms with E-state index in [1.165, 1.54) is 0 Å². The van der Waals surface area contributed by atoms with Crippen molar-refractivity contribution in [1.82, 2.24) is 4.98 Å². The Morgan fingerprint density at radius 1 is 1.35 bits per heavy atom. The summed E-state index contributed by atoms with van der Waals surface area (Å²) in [5.74, 6) is 1.59. The fourth-order valence-electron chi connectivity index (χ4n) is 3.02. The van der Waals surface area contributed by atoms with Gasteiger partial charge in [0.2, 0.25) is 0 Å². The molecule has 0 amide bonds. The summed E-state index contributed by atoms with van der Waals surface area (Å²) in [6, 6.07) is 10.3. The van der Waals surface area contributed by atoms with Crippen LogP contribution in [-0.4, -0.2) is 29.8 Å². The normalized spacial score (nSPS) is 18.9. The molecule has 2 heterocycles. The third-order valence-corrected chi connectivity index (χ3v) is 4.12. The predicted octanol–water partition coefficient (Wildman–Crippen LogP) is 1.90. The molecule has 1 saturated heterocycles. The molecule has 2 aromatic rings. The van der Waals surface area contributed by atoms with Gasteiger partial charge in [-0.25, -0.2) is 4.98 Å². The maximum absolute atomic E-state index is 9.07. The van der Waals surface area contributed by atoms with Crippen LogP contribution >= 0.6 is 0 Å². The standard InChI is InChI=1S/C16H21N3O/c17-10-14-9-13-3-1-2-4-15(13)18-16(14)19-7-5-12(11-19)6-8-20/h1-4,9,12,20H,5-8,10-11,17H2. The summed E-state index contributed by atoms with van der Waals surface area (Å²) in [4.78, 5) is 7.12. The topological polar surface area (TPSA) is 62.4 Å². The predicted molar refractivity (Wildman–Crippen MR) is 81.7 cm³/mol. The van der Waals surface area contributed by atoms with Crippen molar-refractivity contribution in [2.75, 3.05) is 24.6 Å². The molecule has 0 aliphatic carbocycles. The highest BCUT2D eigenvalue weighted by molar-refractivity contribution is 5.81. The smallest absolute Gasteiger partial charge is 0.133 e. The monoisotopic (exact) mass is 271 g/mol. The number of aliphatic hydroxyl groups excluding tert-OH is 1. The minimum atomic E-state index is 0.271. The summed E-state index contributed by atoms with van der Waals surface area (Å²) in [6.07, 6.45) is 2.00. The fourth-order valence-corrected chi connectivity index (χ4v) is 3.02. The molecule has 4 nitrogen and oxygen atoms in total. The lowest BCUT2D eigenvalue weighted by atomic mass is 10.1. The van der Waals surface area contributed by atoms with Gasteiger partial charge in [0.25, 0.3) is 0 Å². The van der Waals surface area contributed by atoms with E-state index >= 15 is 0 Å². The molecule has 20 heavy (non-hydrogen) atoms. The van der Waals surface area contributed by atoms with Gasteiger partial charge in [0, 0.05) is 37.2 Å². The van der Waals surface area contributed by atoms with E-state index in [0.717, 1.165) is 48.2 Å². The van der Waals surface area contributed by atoms with E-state index in [4.69, 9.17) is 15.8 Å². The molecular formula is C16H21N3O. The molecule has 1 atom stereocenters. The summed E-state index contributed by atoms with van der Waals surface area (Å²) in [5, 5.41) is 10.2. The van der Waals surface area contributed by atoms with Gasteiger partial charge in [-0.15, -0.1) is 0 Å². The first kappa shape index (κ1) is 13.3. The number of nitrogens with zero attached hydrogens (tertiary/aromatic N) is 2. The van der Waals surface area contributed by atoms with E-state index < -0.39 is 0 Å². The van der Waals surface area contributed by atoms with Gasteiger partial charge in [-0.3, -0.25) is 0 Å². The van der Waals surface area contributed by atoms with Crippen LogP contribution in [0.5, 0.6) is 0 Å². The van der Waals surface area contributed by atoms with E-state index in [9.17, 15) is 0 Å². The quantitative estimate of drug-likeness (QED) is 0.891. The van der Waals surface area contributed by atoms with Crippen molar-refractivity contribution in [3.63, 3.8) is 0 Å². The van der Waals surface area contributed by atoms with E-state index in [-0.39, 0.29) is 6.61 Å². The zero-order valence-electron chi connectivity index (χ0n) is 11.6. The van der Waals surface area contributed by atoms with Crippen molar-refractivity contribution in [2.24, 2.45) is 11.7 Å². The first-order chi connectivity index (χ1) is 9.81. The van der Waals surface area contributed by atoms with E-state index in [2.05, 4.69) is 17.0 Å². The molecule has 1 aliphatic rings. The van der Waals surface area contributed by atoms with Crippen LogP contribution in [0.15, 0.2) is 30.3 Å². The minimum Gasteiger partial charge on any atom is -0.396 e. The van der Waals surface area contributed by atoms with Crippen LogP contribution in [0.4, 0.5) is 5.82 Å². The minimum absolute atomic E-state index is 0.271. The van der Waals surface area contributed by atoms with Crippen molar-refractivity contribution >= 4 is 16.7 Å². The second-order valence-corrected chi connectivity index (χ2v) is 5.48. The van der Waals surface area contributed by atoms with Crippen LogP contribution in [-0.2, 0) is 6.54 Å². The van der Waals surface area contributed by atoms with Gasteiger partial charge in [-0.1, -0.05) is 18.2 Å². The number of benzene rings is 1. The molecule has 106 valence electrons. The number of hydrogen-bond donors (Lipinski definition) is 2. The Labute approximate surface area is 119 Å². The van der Waals surface area contributed by atoms with Gasteiger partial charge in [0.05, 0.1) is 5.52 Å². The zero-order chi connectivity index (χ0) is 13.9. The van der Waals surface area contributed by atoms with Crippen molar-refractivity contribution in [1.29, 1.82) is 0 Å². The van der Waals surface area contributed by atoms with Gasteiger partial charge in [-0.2, -0.15) is 0 Å². The average Bonchev–Trinajstić information content (AvgIpc) is 2.94. The molecule has 0 radical (unpaired) electrons. The van der Waals surface area contributed by atoms with Gasteiger partial charge in [0.15, 0.2) is 0 Å². The maximum atomic E-state index is 9.07. The molecule has 0 spiro atoms. The number of nitrogens with two attached hydrogens (primary N) is 1. The van der Waals surface area contributed by atoms with E-state index in [1.54, 1.807) is 0 Å². The fraction of sp³-hybridized carbons (Fsp3) is 0.438. The molecule has 0 bridgehead atoms. The number of para-hydroxylation sites is 1. The number of anilines is 1. The number of hydrogen-bond acceptors (Lipinski definition) is 4. The lowest BCUT2D eigenvalue weighted by Crippen LogP contribution is -2.23. The lowest BCUT2D eigenvalue weighted by molar-refractivity contribution is 0.263. The number of aliphatic hydroxyl groups is 1. The maximum Gasteiger partial charge on any atom is 0.133 e. The molecule has 3 rings (SSSR count). The Morgan fingerprint density at radius 2 is 2.20 bits per heavy atom. The van der Waals surface area contributed by atoms with Crippen molar-refractivity contribution in [3.8, 4) is 0 Å². The third-order valence-electron chi connectivity index (χ3n) is 4.12. The summed E-state index contributed by atoms with van der Waals surface area (Å²) in [5.41, 5.74) is 8.02. The number of fused-ring (bicyclic) bond motifs is 1. The highest BCUT2D eigenvalue weighted by Gasteiger charge is 2.24. The van der Waals surface area contributed by atoms with E-state index in [1.807, 2.05) is 18.2 Å². The summed E-state index contributed by atoms with van der Waals surface area (Å²) < 4.78 is 0. The molecule has 1 aliphatic heterocycles. The van der Waals surface area contributed by atoms with Gasteiger partial charge < -0.3 is 15.7 Å². The van der Waals surface area contributed by atoms with Gasteiger partial charge in [0.1, 0.15) is 5.82 Å². The Kier molecular flexibility index (Phi) is 3.85. The Balaban J connectivity index is 1.94.